The monoisotopic (exact) mass is 1000 g/mol. The average Bonchev–Trinajstić information content (AvgIpc) is 3.09. The zero-order chi connectivity index (χ0) is 38.9. The van der Waals surface area contributed by atoms with Crippen LogP contribution in [0, 0.1) is 16.7 Å². The highest BCUT2D eigenvalue weighted by atomic mass is 127. The van der Waals surface area contributed by atoms with Crippen molar-refractivity contribution in [1.82, 2.24) is 0 Å². The Kier molecular flexibility index (Phi) is 12.0. The number of carbonyl (C=O) groups is 3. The molecule has 5 unspecified atom stereocenters. The van der Waals surface area contributed by atoms with E-state index in [-0.39, 0.29) is 31.2 Å². The highest BCUT2D eigenvalue weighted by Gasteiger charge is 2.78. The summed E-state index contributed by atoms with van der Waals surface area (Å²) in [6, 6.07) is 8.39. The molecule has 3 fully saturated rings. The number of carbonyl (C=O) groups excluding carboxylic acids is 3. The second-order valence-corrected chi connectivity index (χ2v) is 21.1. The molecule has 2 saturated carbocycles. The van der Waals surface area contributed by atoms with Crippen LogP contribution in [-0.2, 0) is 36.3 Å². The Hall–Kier alpha value is 0.740. The van der Waals surface area contributed by atoms with Crippen LogP contribution in [-0.4, -0.2) is 92.4 Å². The first kappa shape index (κ1) is 35.4. The summed E-state index contributed by atoms with van der Waals surface area (Å²) in [4.78, 5) is 43.2. The second kappa shape index (κ2) is 16.6. The first-order valence-electron chi connectivity index (χ1n) is 17.5. The highest BCUT2D eigenvalue weighted by molar-refractivity contribution is 14.2. The molecule has 3 aliphatic carbocycles. The lowest BCUT2D eigenvalue weighted by molar-refractivity contribution is -0.343. The van der Waals surface area contributed by atoms with E-state index in [0.717, 1.165) is 36.1 Å². The van der Waals surface area contributed by atoms with Gasteiger partial charge in [-0.1, -0.05) is 76.1 Å². The maximum atomic E-state index is 15.7. The van der Waals surface area contributed by atoms with Crippen molar-refractivity contribution < 1.29 is 47.6 Å². The molecular weight excluding hydrogens is 956 g/mol. The van der Waals surface area contributed by atoms with Gasteiger partial charge in [-0.05, 0) is 85.6 Å². The number of halogens is 2. The number of Topliss-reactive ketones (excluding diaryl/α,β-unsaturated/α-hetero) is 1. The fraction of sp³-hybridized carbons (Fsp3) is 0.656. The third kappa shape index (κ3) is 7.18. The van der Waals surface area contributed by atoms with Gasteiger partial charge in [-0.3, -0.25) is 13.8 Å². The number of hydrogen-bond donors (Lipinski definition) is 1. The van der Waals surface area contributed by atoms with Crippen molar-refractivity contribution in [2.75, 3.05) is 23.8 Å². The summed E-state index contributed by atoms with van der Waals surface area (Å²) in [6.45, 7) is 8.42. The smallest absolute Gasteiger partial charge is 0.338 e. The van der Waals surface area contributed by atoms with Gasteiger partial charge in [0.15, 0.2) is 17.5 Å². The van der Waals surface area contributed by atoms with Gasteiger partial charge in [0.2, 0.25) is 1.43 Å². The molecule has 1 heterocycles. The third-order valence-corrected chi connectivity index (χ3v) is 18.3. The van der Waals surface area contributed by atoms with Crippen LogP contribution < -0.4 is 0 Å². The van der Waals surface area contributed by atoms with E-state index in [1.807, 2.05) is 42.8 Å². The standard InChI is InChI=1S/C32H42I2O10P2S3/c1-17-20(42-48-15-45-33)13-32(44-47-6)27(40-28(38)19-10-8-7-9-11-19)25-30(5,21(36)12-22-31(25,14-39-22)41-18(2)35)26(37)24(43-49-16-46-34)23(17)29(32,3)4/h7-11,20-22,24-25,27,36,45-46H,12-16H2,1-6H3/t20-,21-,22?,24+,25?,27?,30+,31-,32+,45?,46?/m0/s1/i6D,36D,45D,46D. The summed E-state index contributed by atoms with van der Waals surface area (Å²) in [5, 5.41) is 5.41. The summed E-state index contributed by atoms with van der Waals surface area (Å²) in [7, 11) is 0. The Labute approximate surface area is 336 Å². The number of aliphatic hydroxyl groups excluding tert-OH is 1. The van der Waals surface area contributed by atoms with Crippen molar-refractivity contribution in [1.29, 1.82) is 3.99 Å². The molecule has 1 saturated heterocycles. The fourth-order valence-corrected chi connectivity index (χ4v) is 12.4. The molecule has 1 aromatic rings. The van der Waals surface area contributed by atoms with Crippen LogP contribution in [0.5, 0.6) is 0 Å². The van der Waals surface area contributed by atoms with Crippen LogP contribution in [0.2, 0.25) is 0 Å². The normalized spacial score (nSPS) is 38.9. The van der Waals surface area contributed by atoms with Crippen molar-refractivity contribution in [2.45, 2.75) is 89.2 Å². The number of aliphatic hydroxyl groups is 1. The first-order chi connectivity index (χ1) is 25.0. The summed E-state index contributed by atoms with van der Waals surface area (Å²) < 4.78 is 71.7. The average molecular weight is 1000 g/mol. The SMILES string of the molecule is [2H]CSO[C@]12C[C@H](OSCP([2H])I)C(C)=C([C@@H](OSCP([2H])I)C(=O)[C@@]3(C)C(C1OC(=O)c1ccccc1)[C@]1(OC(C)=O)COC1C[C@@H]3O[2H])C2(C)C. The molecule has 0 aromatic heterocycles. The van der Waals surface area contributed by atoms with Crippen molar-refractivity contribution >= 4 is 110 Å². The molecule has 17 heteroatoms. The zero-order valence-electron chi connectivity index (χ0n) is 31.6. The van der Waals surface area contributed by atoms with Crippen LogP contribution in [0.1, 0.15) is 59.2 Å². The van der Waals surface area contributed by atoms with Gasteiger partial charge in [0.1, 0.15) is 17.8 Å². The minimum atomic E-state index is -1.71. The molecule has 2 bridgehead atoms. The summed E-state index contributed by atoms with van der Waals surface area (Å²) >= 11 is 7.07. The summed E-state index contributed by atoms with van der Waals surface area (Å²) in [5.41, 5.74) is -3.90. The zero-order valence-corrected chi connectivity index (χ0v) is 36.1. The lowest BCUT2D eigenvalue weighted by atomic mass is 9.44. The lowest BCUT2D eigenvalue weighted by Crippen LogP contribution is -2.82. The number of esters is 2. The number of fused-ring (bicyclic) bond motifs is 5. The minimum Gasteiger partial charge on any atom is -0.455 e. The van der Waals surface area contributed by atoms with Crippen LogP contribution in [0.3, 0.4) is 0 Å². The molecule has 1 aliphatic heterocycles. The molecule has 0 spiro atoms. The minimum absolute atomic E-state index is 0.0199. The number of ether oxygens (including phenoxy) is 3. The van der Waals surface area contributed by atoms with E-state index < -0.39 is 88.5 Å². The quantitative estimate of drug-likeness (QED) is 0.0644. The van der Waals surface area contributed by atoms with Gasteiger partial charge >= 0.3 is 11.9 Å². The Bertz CT molecular complexity index is 1560. The largest absolute Gasteiger partial charge is 0.455 e. The van der Waals surface area contributed by atoms with E-state index in [1.54, 1.807) is 37.3 Å². The van der Waals surface area contributed by atoms with Gasteiger partial charge < -0.3 is 27.7 Å². The molecular formula is C32H42I2O10P2S3. The van der Waals surface area contributed by atoms with Gasteiger partial charge in [0.25, 0.3) is 0 Å². The van der Waals surface area contributed by atoms with E-state index in [4.69, 9.17) is 37.2 Å². The van der Waals surface area contributed by atoms with E-state index >= 15 is 4.79 Å². The van der Waals surface area contributed by atoms with Crippen LogP contribution in [0.25, 0.3) is 0 Å². The topological polar surface area (TPSA) is 127 Å². The molecule has 272 valence electrons. The highest BCUT2D eigenvalue weighted by Crippen LogP contribution is 2.66. The molecule has 1 aromatic carbocycles. The molecule has 10 nitrogen and oxygen atoms in total. The molecule has 1 N–H and O–H groups in total. The van der Waals surface area contributed by atoms with Gasteiger partial charge in [-0.25, -0.2) is 4.79 Å². The maximum Gasteiger partial charge on any atom is 0.338 e. The molecule has 49 heavy (non-hydrogen) atoms. The second-order valence-electron chi connectivity index (χ2n) is 13.2. The molecule has 11 atom stereocenters. The lowest BCUT2D eigenvalue weighted by Gasteiger charge is -2.68. The van der Waals surface area contributed by atoms with E-state index in [0.29, 0.717) is 22.1 Å². The summed E-state index contributed by atoms with van der Waals surface area (Å²) in [5.74, 6) is -3.05. The van der Waals surface area contributed by atoms with Gasteiger partial charge in [-0.15, -0.1) is 0 Å². The van der Waals surface area contributed by atoms with Crippen molar-refractivity contribution in [3.8, 4) is 0 Å². The van der Waals surface area contributed by atoms with Gasteiger partial charge in [0, 0.05) is 43.8 Å². The van der Waals surface area contributed by atoms with Gasteiger partial charge in [0.05, 0.1) is 38.3 Å². The fourth-order valence-electron chi connectivity index (χ4n) is 8.31. The molecule has 5 rings (SSSR count). The van der Waals surface area contributed by atoms with Crippen LogP contribution in [0.4, 0.5) is 0 Å². The van der Waals surface area contributed by atoms with E-state index in [2.05, 4.69) is 22.0 Å². The Balaban J connectivity index is 1.87. The van der Waals surface area contributed by atoms with Crippen molar-refractivity contribution in [3.63, 3.8) is 0 Å². The Morgan fingerprint density at radius 2 is 1.86 bits per heavy atom. The Morgan fingerprint density at radius 3 is 2.45 bits per heavy atom. The number of rotatable bonds is 14. The van der Waals surface area contributed by atoms with E-state index in [1.165, 1.54) is 6.92 Å². The molecule has 0 radical (unpaired) electrons. The van der Waals surface area contributed by atoms with E-state index in [9.17, 15) is 9.59 Å². The number of benzene rings is 1. The number of ketones is 1. The number of hydrogen-bond acceptors (Lipinski definition) is 13. The first-order valence-corrected chi connectivity index (χ1v) is 25.9. The van der Waals surface area contributed by atoms with Crippen molar-refractivity contribution in [2.24, 2.45) is 16.7 Å². The van der Waals surface area contributed by atoms with Crippen LogP contribution >= 0.6 is 92.5 Å². The predicted molar refractivity (Wildman–Crippen MR) is 215 cm³/mol. The maximum absolute atomic E-state index is 15.7. The molecule has 4 aliphatic rings. The third-order valence-electron chi connectivity index (χ3n) is 10.6. The van der Waals surface area contributed by atoms with Gasteiger partial charge in [-0.2, -0.15) is 0 Å². The Morgan fingerprint density at radius 1 is 1.16 bits per heavy atom. The predicted octanol–water partition coefficient (Wildman–Crippen LogP) is 7.70. The summed E-state index contributed by atoms with van der Waals surface area (Å²) in [6.07, 6.45) is -7.81. The van der Waals surface area contributed by atoms with Crippen LogP contribution in [0.15, 0.2) is 41.5 Å². The molecule has 0 amide bonds. The van der Waals surface area contributed by atoms with Crippen molar-refractivity contribution in [3.05, 3.63) is 47.0 Å².